The second kappa shape index (κ2) is 4.53. The van der Waals surface area contributed by atoms with Gasteiger partial charge in [-0.2, -0.15) is 0 Å². The topological polar surface area (TPSA) is 82.1 Å². The summed E-state index contributed by atoms with van der Waals surface area (Å²) >= 11 is 0. The molecule has 2 fully saturated rings. The highest BCUT2D eigenvalue weighted by Gasteiger charge is 2.32. The third-order valence-corrected chi connectivity index (χ3v) is 3.61. The quantitative estimate of drug-likeness (QED) is 0.581. The van der Waals surface area contributed by atoms with Crippen molar-refractivity contribution in [1.82, 2.24) is 14.9 Å². The van der Waals surface area contributed by atoms with Crippen LogP contribution in [0.1, 0.15) is 18.5 Å². The van der Waals surface area contributed by atoms with E-state index in [0.29, 0.717) is 5.69 Å². The van der Waals surface area contributed by atoms with Gasteiger partial charge in [0.2, 0.25) is 0 Å². The number of nitrogens with one attached hydrogen (secondary N) is 1. The second-order valence-electron chi connectivity index (χ2n) is 4.90. The zero-order chi connectivity index (χ0) is 12.5. The van der Waals surface area contributed by atoms with Gasteiger partial charge in [-0.1, -0.05) is 0 Å². The summed E-state index contributed by atoms with van der Waals surface area (Å²) in [5, 5.41) is 7.55. The molecule has 6 heteroatoms. The van der Waals surface area contributed by atoms with Crippen molar-refractivity contribution in [2.24, 2.45) is 5.73 Å². The van der Waals surface area contributed by atoms with Crippen LogP contribution < -0.4 is 10.6 Å². The first-order chi connectivity index (χ1) is 8.75. The molecule has 96 valence electrons. The summed E-state index contributed by atoms with van der Waals surface area (Å²) < 4.78 is 0. The molecule has 0 atom stereocenters. The number of nitrogen functional groups attached to an aromatic ring is 1. The van der Waals surface area contributed by atoms with Gasteiger partial charge in [0, 0.05) is 44.6 Å². The summed E-state index contributed by atoms with van der Waals surface area (Å²) in [5.41, 5.74) is 6.05. The van der Waals surface area contributed by atoms with Crippen LogP contribution in [0.15, 0.2) is 12.4 Å². The molecule has 2 aliphatic rings. The van der Waals surface area contributed by atoms with Crippen LogP contribution in [0.25, 0.3) is 0 Å². The van der Waals surface area contributed by atoms with Gasteiger partial charge in [0.25, 0.3) is 0 Å². The molecule has 6 nitrogen and oxygen atoms in total. The van der Waals surface area contributed by atoms with Gasteiger partial charge in [-0.15, -0.1) is 0 Å². The molecule has 0 bridgehead atoms. The normalized spacial score (nSPS) is 21.0. The highest BCUT2D eigenvalue weighted by molar-refractivity contribution is 5.97. The largest absolute Gasteiger partial charge is 0.382 e. The number of hydrogen-bond acceptors (Lipinski definition) is 5. The van der Waals surface area contributed by atoms with Gasteiger partial charge in [0.15, 0.2) is 5.82 Å². The van der Waals surface area contributed by atoms with Gasteiger partial charge < -0.3 is 10.6 Å². The maximum absolute atomic E-state index is 7.55. The Hall–Kier alpha value is -1.69. The predicted molar refractivity (Wildman–Crippen MR) is 69.9 cm³/mol. The van der Waals surface area contributed by atoms with Crippen LogP contribution in [-0.4, -0.2) is 52.9 Å². The van der Waals surface area contributed by atoms with Gasteiger partial charge >= 0.3 is 0 Å². The number of rotatable bonds is 3. The molecular weight excluding hydrogens is 228 g/mol. The van der Waals surface area contributed by atoms with Crippen LogP contribution in [-0.2, 0) is 0 Å². The van der Waals surface area contributed by atoms with E-state index in [1.807, 2.05) is 0 Å². The molecule has 0 radical (unpaired) electrons. The van der Waals surface area contributed by atoms with Crippen LogP contribution in [0.3, 0.4) is 0 Å². The molecule has 1 aliphatic heterocycles. The fourth-order valence-corrected chi connectivity index (χ4v) is 2.49. The van der Waals surface area contributed by atoms with Crippen molar-refractivity contribution in [3.8, 4) is 0 Å². The monoisotopic (exact) mass is 246 g/mol. The predicted octanol–water partition coefficient (Wildman–Crippen LogP) is 0.0451. The minimum Gasteiger partial charge on any atom is -0.382 e. The molecule has 0 amide bonds. The summed E-state index contributed by atoms with van der Waals surface area (Å²) in [5.74, 6) is 0.739. The first kappa shape index (κ1) is 11.4. The minimum absolute atomic E-state index is 0.0114. The molecule has 1 aliphatic carbocycles. The number of amidine groups is 1. The summed E-state index contributed by atoms with van der Waals surface area (Å²) in [6, 6.07) is 0.821. The fraction of sp³-hybridized carbons (Fsp3) is 0.583. The Morgan fingerprint density at radius 1 is 1.17 bits per heavy atom. The maximum Gasteiger partial charge on any atom is 0.158 e. The highest BCUT2D eigenvalue weighted by atomic mass is 15.3. The Bertz CT molecular complexity index is 448. The molecule has 0 spiro atoms. The summed E-state index contributed by atoms with van der Waals surface area (Å²) in [7, 11) is 0. The Labute approximate surface area is 106 Å². The van der Waals surface area contributed by atoms with Crippen molar-refractivity contribution in [3.63, 3.8) is 0 Å². The molecule has 0 aromatic carbocycles. The lowest BCUT2D eigenvalue weighted by molar-refractivity contribution is 0.247. The zero-order valence-corrected chi connectivity index (χ0v) is 10.3. The highest BCUT2D eigenvalue weighted by Crippen LogP contribution is 2.28. The number of hydrogen-bond donors (Lipinski definition) is 2. The lowest BCUT2D eigenvalue weighted by Gasteiger charge is -2.35. The standard InChI is InChI=1S/C12H18N6/c13-11(14)10-12(16-4-3-15-10)18-7-5-17(6-8-18)9-1-2-9/h3-4,9H,1-2,5-8H2,(H3,13,14). The SMILES string of the molecule is N=C(N)c1nccnc1N1CCN(C2CC2)CC1. The molecular formula is C12H18N6. The maximum atomic E-state index is 7.55. The van der Waals surface area contributed by atoms with Crippen molar-refractivity contribution >= 4 is 11.7 Å². The Morgan fingerprint density at radius 2 is 1.83 bits per heavy atom. The van der Waals surface area contributed by atoms with E-state index in [2.05, 4.69) is 19.8 Å². The third-order valence-electron chi connectivity index (χ3n) is 3.61. The molecule has 1 saturated heterocycles. The Kier molecular flexibility index (Phi) is 2.87. The minimum atomic E-state index is -0.0114. The van der Waals surface area contributed by atoms with Crippen molar-refractivity contribution < 1.29 is 0 Å². The van der Waals surface area contributed by atoms with E-state index in [-0.39, 0.29) is 5.84 Å². The number of anilines is 1. The van der Waals surface area contributed by atoms with Crippen molar-refractivity contribution in [3.05, 3.63) is 18.1 Å². The Morgan fingerprint density at radius 3 is 2.44 bits per heavy atom. The zero-order valence-electron chi connectivity index (χ0n) is 10.3. The molecule has 3 N–H and O–H groups in total. The summed E-state index contributed by atoms with van der Waals surface area (Å²) in [6.45, 7) is 4.02. The number of piperazine rings is 1. The van der Waals surface area contributed by atoms with Crippen LogP contribution in [0, 0.1) is 5.41 Å². The first-order valence-electron chi connectivity index (χ1n) is 6.40. The fourth-order valence-electron chi connectivity index (χ4n) is 2.49. The molecule has 18 heavy (non-hydrogen) atoms. The number of nitrogens with two attached hydrogens (primary N) is 1. The number of aromatic nitrogens is 2. The van der Waals surface area contributed by atoms with E-state index >= 15 is 0 Å². The molecule has 3 rings (SSSR count). The van der Waals surface area contributed by atoms with E-state index in [1.165, 1.54) is 12.8 Å². The van der Waals surface area contributed by atoms with E-state index < -0.39 is 0 Å². The molecule has 2 heterocycles. The van der Waals surface area contributed by atoms with Crippen molar-refractivity contribution in [1.29, 1.82) is 5.41 Å². The van der Waals surface area contributed by atoms with Gasteiger partial charge in [-0.25, -0.2) is 9.97 Å². The van der Waals surface area contributed by atoms with Crippen molar-refractivity contribution in [2.75, 3.05) is 31.1 Å². The van der Waals surface area contributed by atoms with Crippen LogP contribution in [0.5, 0.6) is 0 Å². The van der Waals surface area contributed by atoms with E-state index in [4.69, 9.17) is 11.1 Å². The molecule has 1 saturated carbocycles. The molecule has 0 unspecified atom stereocenters. The second-order valence-corrected chi connectivity index (χ2v) is 4.90. The van der Waals surface area contributed by atoms with Crippen LogP contribution >= 0.6 is 0 Å². The first-order valence-corrected chi connectivity index (χ1v) is 6.40. The van der Waals surface area contributed by atoms with Gasteiger partial charge in [-0.3, -0.25) is 10.3 Å². The lowest BCUT2D eigenvalue weighted by atomic mass is 10.2. The average molecular weight is 246 g/mol. The Balaban J connectivity index is 1.73. The van der Waals surface area contributed by atoms with Crippen LogP contribution in [0.2, 0.25) is 0 Å². The smallest absolute Gasteiger partial charge is 0.158 e. The third kappa shape index (κ3) is 2.15. The summed E-state index contributed by atoms with van der Waals surface area (Å²) in [6.07, 6.45) is 5.95. The van der Waals surface area contributed by atoms with E-state index in [1.54, 1.807) is 12.4 Å². The van der Waals surface area contributed by atoms with Crippen molar-refractivity contribution in [2.45, 2.75) is 18.9 Å². The van der Waals surface area contributed by atoms with Crippen LogP contribution in [0.4, 0.5) is 5.82 Å². The molecule has 1 aromatic rings. The van der Waals surface area contributed by atoms with Gasteiger partial charge in [0.1, 0.15) is 11.5 Å². The van der Waals surface area contributed by atoms with E-state index in [0.717, 1.165) is 38.0 Å². The lowest BCUT2D eigenvalue weighted by Crippen LogP contribution is -2.48. The number of nitrogens with zero attached hydrogens (tertiary/aromatic N) is 4. The van der Waals surface area contributed by atoms with Gasteiger partial charge in [-0.05, 0) is 12.8 Å². The molecule has 1 aromatic heterocycles. The van der Waals surface area contributed by atoms with E-state index in [9.17, 15) is 0 Å². The summed E-state index contributed by atoms with van der Waals surface area (Å²) in [4.78, 5) is 13.2. The van der Waals surface area contributed by atoms with Gasteiger partial charge in [0.05, 0.1) is 0 Å². The average Bonchev–Trinajstić information content (AvgIpc) is 3.23.